The summed E-state index contributed by atoms with van der Waals surface area (Å²) in [5, 5.41) is 7.95. The third-order valence-corrected chi connectivity index (χ3v) is 10.5. The highest BCUT2D eigenvalue weighted by Crippen LogP contribution is 2.45. The molecule has 0 N–H and O–H groups in total. The van der Waals surface area contributed by atoms with E-state index in [2.05, 4.69) is 157 Å². The van der Waals surface area contributed by atoms with Gasteiger partial charge in [-0.25, -0.2) is 4.98 Å². The van der Waals surface area contributed by atoms with Crippen LogP contribution in [0.1, 0.15) is 0 Å². The summed E-state index contributed by atoms with van der Waals surface area (Å²) in [4.78, 5) is 7.59. The average molecular weight is 645 g/mol. The highest BCUT2D eigenvalue weighted by atomic mass is 32.1. The van der Waals surface area contributed by atoms with E-state index in [1.807, 2.05) is 18.2 Å². The Balaban J connectivity index is 1.24. The van der Waals surface area contributed by atoms with Crippen molar-refractivity contribution >= 4 is 82.1 Å². The van der Waals surface area contributed by atoms with E-state index in [9.17, 15) is 0 Å². The van der Waals surface area contributed by atoms with Crippen LogP contribution in [0.15, 0.2) is 174 Å². The summed E-state index contributed by atoms with van der Waals surface area (Å²) in [6.45, 7) is 0. The first-order valence-corrected chi connectivity index (χ1v) is 17.3. The number of rotatable bonds is 5. The molecule has 3 nitrogen and oxygen atoms in total. The molecule has 0 spiro atoms. The topological polar surface area (TPSA) is 29.3 Å². The second-order valence-electron chi connectivity index (χ2n) is 12.4. The van der Waals surface area contributed by atoms with Gasteiger partial charge >= 0.3 is 0 Å². The van der Waals surface area contributed by atoms with Crippen LogP contribution in [-0.2, 0) is 0 Å². The fourth-order valence-electron chi connectivity index (χ4n) is 7.15. The van der Waals surface area contributed by atoms with Gasteiger partial charge in [-0.2, -0.15) is 0 Å². The minimum absolute atomic E-state index is 0.862. The van der Waals surface area contributed by atoms with Gasteiger partial charge in [-0.3, -0.25) is 0 Å². The number of hydrogen-bond donors (Lipinski definition) is 0. The molecule has 230 valence electrons. The summed E-state index contributed by atoms with van der Waals surface area (Å²) in [6.07, 6.45) is 0. The zero-order chi connectivity index (χ0) is 32.3. The van der Waals surface area contributed by atoms with Gasteiger partial charge < -0.3 is 9.32 Å². The SMILES string of the molecule is c1ccc(-c2cccc(N(c3ccc4ccc5ccc6sc(-c7ccccc7)nc6c5c4c3)c3cccc4c3oc3ccccc34)c2)cc1. The molecule has 49 heavy (non-hydrogen) atoms. The van der Waals surface area contributed by atoms with Gasteiger partial charge in [0.05, 0.1) is 15.9 Å². The Morgan fingerprint density at radius 1 is 0.490 bits per heavy atom. The number of nitrogens with zero attached hydrogens (tertiary/aromatic N) is 2. The number of anilines is 3. The van der Waals surface area contributed by atoms with Crippen LogP contribution in [-0.4, -0.2) is 4.98 Å². The van der Waals surface area contributed by atoms with Crippen molar-refractivity contribution in [2.45, 2.75) is 0 Å². The molecule has 0 bridgehead atoms. The summed E-state index contributed by atoms with van der Waals surface area (Å²) in [6, 6.07) is 60.2. The molecule has 10 rings (SSSR count). The smallest absolute Gasteiger partial charge is 0.159 e. The van der Waals surface area contributed by atoms with E-state index < -0.39 is 0 Å². The van der Waals surface area contributed by atoms with Crippen LogP contribution in [0.4, 0.5) is 17.1 Å². The summed E-state index contributed by atoms with van der Waals surface area (Å²) < 4.78 is 7.82. The molecule has 0 aliphatic carbocycles. The largest absolute Gasteiger partial charge is 0.454 e. The molecule has 10 aromatic rings. The second kappa shape index (κ2) is 11.2. The minimum Gasteiger partial charge on any atom is -0.454 e. The normalized spacial score (nSPS) is 11.7. The lowest BCUT2D eigenvalue weighted by Gasteiger charge is -2.26. The van der Waals surface area contributed by atoms with Crippen molar-refractivity contribution in [3.63, 3.8) is 0 Å². The first-order chi connectivity index (χ1) is 24.3. The monoisotopic (exact) mass is 644 g/mol. The molecule has 8 aromatic carbocycles. The van der Waals surface area contributed by atoms with Gasteiger partial charge in [0.1, 0.15) is 10.6 Å². The molecule has 0 aliphatic rings. The summed E-state index contributed by atoms with van der Waals surface area (Å²) in [5.74, 6) is 0. The van der Waals surface area contributed by atoms with Crippen LogP contribution in [0, 0.1) is 0 Å². The van der Waals surface area contributed by atoms with Crippen molar-refractivity contribution in [2.24, 2.45) is 0 Å². The van der Waals surface area contributed by atoms with Gasteiger partial charge in [0.2, 0.25) is 0 Å². The second-order valence-corrected chi connectivity index (χ2v) is 13.4. The van der Waals surface area contributed by atoms with Crippen molar-refractivity contribution in [3.8, 4) is 21.7 Å². The maximum atomic E-state index is 6.63. The number of para-hydroxylation sites is 2. The first kappa shape index (κ1) is 27.8. The molecule has 0 saturated heterocycles. The summed E-state index contributed by atoms with van der Waals surface area (Å²) in [7, 11) is 0. The fraction of sp³-hybridized carbons (Fsp3) is 0. The zero-order valence-electron chi connectivity index (χ0n) is 26.4. The van der Waals surface area contributed by atoms with Crippen molar-refractivity contribution in [3.05, 3.63) is 170 Å². The van der Waals surface area contributed by atoms with Crippen molar-refractivity contribution in [1.82, 2.24) is 4.98 Å². The van der Waals surface area contributed by atoms with E-state index in [0.29, 0.717) is 0 Å². The van der Waals surface area contributed by atoms with Crippen LogP contribution in [0.3, 0.4) is 0 Å². The molecule has 0 atom stereocenters. The zero-order valence-corrected chi connectivity index (χ0v) is 27.2. The van der Waals surface area contributed by atoms with Crippen molar-refractivity contribution in [2.75, 3.05) is 4.90 Å². The van der Waals surface area contributed by atoms with Gasteiger partial charge in [-0.15, -0.1) is 11.3 Å². The minimum atomic E-state index is 0.862. The third-order valence-electron chi connectivity index (χ3n) is 9.46. The molecule has 0 saturated carbocycles. The summed E-state index contributed by atoms with van der Waals surface area (Å²) in [5.41, 5.74) is 9.35. The highest BCUT2D eigenvalue weighted by Gasteiger charge is 2.21. The Bertz CT molecular complexity index is 2840. The van der Waals surface area contributed by atoms with E-state index in [0.717, 1.165) is 60.7 Å². The Morgan fingerprint density at radius 2 is 1.16 bits per heavy atom. The van der Waals surface area contributed by atoms with Crippen LogP contribution < -0.4 is 4.90 Å². The molecular formula is C45H28N2OS. The lowest BCUT2D eigenvalue weighted by molar-refractivity contribution is 0.669. The Morgan fingerprint density at radius 3 is 2.04 bits per heavy atom. The maximum absolute atomic E-state index is 6.63. The lowest BCUT2D eigenvalue weighted by Crippen LogP contribution is -2.10. The molecule has 2 heterocycles. The number of benzene rings is 8. The van der Waals surface area contributed by atoms with E-state index in [1.54, 1.807) is 11.3 Å². The number of thiazole rings is 1. The third kappa shape index (κ3) is 4.61. The van der Waals surface area contributed by atoms with Crippen LogP contribution in [0.5, 0.6) is 0 Å². The van der Waals surface area contributed by atoms with E-state index >= 15 is 0 Å². The average Bonchev–Trinajstić information content (AvgIpc) is 3.78. The van der Waals surface area contributed by atoms with E-state index in [4.69, 9.17) is 9.40 Å². The van der Waals surface area contributed by atoms with Crippen LogP contribution >= 0.6 is 11.3 Å². The number of furan rings is 1. The van der Waals surface area contributed by atoms with Crippen LogP contribution in [0.2, 0.25) is 0 Å². The van der Waals surface area contributed by atoms with Gasteiger partial charge in [0.25, 0.3) is 0 Å². The van der Waals surface area contributed by atoms with Crippen molar-refractivity contribution < 1.29 is 4.42 Å². The van der Waals surface area contributed by atoms with Crippen molar-refractivity contribution in [1.29, 1.82) is 0 Å². The Hall–Kier alpha value is -6.23. The lowest BCUT2D eigenvalue weighted by atomic mass is 9.99. The molecular weight excluding hydrogens is 617 g/mol. The van der Waals surface area contributed by atoms with Gasteiger partial charge in [-0.1, -0.05) is 127 Å². The maximum Gasteiger partial charge on any atom is 0.159 e. The number of hydrogen-bond acceptors (Lipinski definition) is 4. The molecule has 0 unspecified atom stereocenters. The highest BCUT2D eigenvalue weighted by molar-refractivity contribution is 7.21. The van der Waals surface area contributed by atoms with Gasteiger partial charge in [0.15, 0.2) is 5.58 Å². The molecule has 0 fully saturated rings. The molecule has 0 radical (unpaired) electrons. The molecule has 0 aliphatic heterocycles. The molecule has 0 amide bonds. The predicted molar refractivity (Wildman–Crippen MR) is 207 cm³/mol. The van der Waals surface area contributed by atoms with E-state index in [1.165, 1.54) is 31.8 Å². The van der Waals surface area contributed by atoms with Gasteiger partial charge in [0, 0.05) is 33.1 Å². The standard InChI is InChI=1S/C45H28N2OS/c1-3-11-29(12-4-1)33-15-9-16-34(27-33)47(39-19-10-18-37-36-17-7-8-20-40(36)48-44(37)39)35-25-23-30-21-22-31-24-26-41-43(42(31)38(30)28-35)46-45(49-41)32-13-5-2-6-14-32/h1-28H. The predicted octanol–water partition coefficient (Wildman–Crippen LogP) is 13.3. The fourth-order valence-corrected chi connectivity index (χ4v) is 8.13. The molecule has 4 heteroatoms. The Kier molecular flexibility index (Phi) is 6.36. The summed E-state index contributed by atoms with van der Waals surface area (Å²) >= 11 is 1.75. The quantitative estimate of drug-likeness (QED) is 0.175. The number of fused-ring (bicyclic) bond motifs is 8. The van der Waals surface area contributed by atoms with Gasteiger partial charge in [-0.05, 0) is 69.8 Å². The Labute approximate surface area is 286 Å². The first-order valence-electron chi connectivity index (χ1n) is 16.5. The number of aromatic nitrogens is 1. The van der Waals surface area contributed by atoms with E-state index in [-0.39, 0.29) is 0 Å². The van der Waals surface area contributed by atoms with Crippen LogP contribution in [0.25, 0.3) is 75.4 Å². The molecule has 2 aromatic heterocycles.